The molecule has 0 heterocycles. The smallest absolute Gasteiger partial charge is 0.282 e. The zero-order valence-corrected chi connectivity index (χ0v) is 13.0. The van der Waals surface area contributed by atoms with Gasteiger partial charge in [0.05, 0.1) is 4.90 Å². The number of hydrogen-bond donors (Lipinski definition) is 1. The molecule has 62 valence electrons. The van der Waals surface area contributed by atoms with Crippen LogP contribution in [0.4, 0.5) is 0 Å². The van der Waals surface area contributed by atoms with E-state index in [-0.39, 0.29) is 32.6 Å². The molecule has 0 bridgehead atoms. The molecule has 1 aromatic rings. The minimum atomic E-state index is -4.03. The van der Waals surface area contributed by atoms with Crippen LogP contribution in [-0.2, 0) is 37.8 Å². The molecule has 0 saturated carbocycles. The van der Waals surface area contributed by atoms with Crippen LogP contribution in [0, 0.1) is 6.92 Å². The molecular weight excluding hydrogens is 365 g/mol. The summed E-state index contributed by atoms with van der Waals surface area (Å²) in [6.07, 6.45) is 0. The number of aryl methyl sites for hydroxylation is 1. The average molecular weight is 373 g/mol. The van der Waals surface area contributed by atoms with E-state index in [2.05, 4.69) is 0 Å². The summed E-state index contributed by atoms with van der Waals surface area (Å²) >= 11 is 0. The fourth-order valence-corrected chi connectivity index (χ4v) is 1.36. The Balaban J connectivity index is 0.00000121. The molecule has 0 amide bonds. The van der Waals surface area contributed by atoms with E-state index in [4.69, 9.17) is 4.55 Å². The van der Waals surface area contributed by atoms with Crippen molar-refractivity contribution in [2.45, 2.75) is 11.8 Å². The monoisotopic (exact) mass is 374 g/mol. The summed E-state index contributed by atoms with van der Waals surface area (Å²) in [6, 6.07) is 6.10. The second kappa shape index (κ2) is 4.34. The van der Waals surface area contributed by atoms with Crippen LogP contribution in [0.1, 0.15) is 5.56 Å². The Morgan fingerprint density at radius 2 is 1.92 bits per heavy atom. The van der Waals surface area contributed by atoms with Gasteiger partial charge in [-0.05, 0) is 24.6 Å². The minimum absolute atomic E-state index is 0. The standard InChI is InChI=1S/C7H8O3S.Hg/c1-6-3-2-4-7(5-6)11(8,9)10;/h2-5H,1H3,(H,8,9,10);. The summed E-state index contributed by atoms with van der Waals surface area (Å²) in [5.41, 5.74) is 0.806. The van der Waals surface area contributed by atoms with Gasteiger partial charge in [-0.2, -0.15) is 8.42 Å². The van der Waals surface area contributed by atoms with Gasteiger partial charge in [-0.1, -0.05) is 12.1 Å². The first kappa shape index (κ1) is 12.1. The van der Waals surface area contributed by atoms with Gasteiger partial charge in [-0.15, -0.1) is 0 Å². The van der Waals surface area contributed by atoms with Crippen molar-refractivity contribution in [2.75, 3.05) is 0 Å². The van der Waals surface area contributed by atoms with E-state index in [1.807, 2.05) is 0 Å². The quantitative estimate of drug-likeness (QED) is 0.596. The molecule has 0 fully saturated rings. The molecule has 1 rings (SSSR count). The van der Waals surface area contributed by atoms with E-state index in [9.17, 15) is 8.42 Å². The Morgan fingerprint density at radius 3 is 2.25 bits per heavy atom. The van der Waals surface area contributed by atoms with E-state index in [1.54, 1.807) is 19.1 Å². The van der Waals surface area contributed by atoms with Crippen molar-refractivity contribution in [1.82, 2.24) is 0 Å². The van der Waals surface area contributed by atoms with Gasteiger partial charge in [0.25, 0.3) is 10.1 Å². The molecule has 0 saturated heterocycles. The Morgan fingerprint density at radius 1 is 1.33 bits per heavy atom. The van der Waals surface area contributed by atoms with E-state index < -0.39 is 10.1 Å². The maximum Gasteiger partial charge on any atom is 0.294 e. The first-order valence-corrected chi connectivity index (χ1v) is 4.48. The molecule has 0 aromatic heterocycles. The molecule has 0 aliphatic rings. The second-order valence-corrected chi connectivity index (χ2v) is 3.71. The van der Waals surface area contributed by atoms with Crippen molar-refractivity contribution in [1.29, 1.82) is 0 Å². The van der Waals surface area contributed by atoms with Gasteiger partial charge in [-0.25, -0.2) is 0 Å². The third-order valence-electron chi connectivity index (χ3n) is 1.29. The third-order valence-corrected chi connectivity index (χ3v) is 2.14. The summed E-state index contributed by atoms with van der Waals surface area (Å²) in [5, 5.41) is 0. The maximum absolute atomic E-state index is 10.5. The molecule has 1 aromatic carbocycles. The predicted octanol–water partition coefficient (Wildman–Crippen LogP) is 1.24. The molecule has 1 N–H and O–H groups in total. The molecule has 0 radical (unpaired) electrons. The molecule has 0 unspecified atom stereocenters. The topological polar surface area (TPSA) is 54.4 Å². The summed E-state index contributed by atoms with van der Waals surface area (Å²) in [5.74, 6) is 0. The zero-order chi connectivity index (χ0) is 8.48. The van der Waals surface area contributed by atoms with Gasteiger partial charge < -0.3 is 0 Å². The summed E-state index contributed by atoms with van der Waals surface area (Å²) < 4.78 is 29.7. The second-order valence-electron chi connectivity index (χ2n) is 2.29. The van der Waals surface area contributed by atoms with Gasteiger partial charge in [0.1, 0.15) is 0 Å². The van der Waals surface area contributed by atoms with Gasteiger partial charge in [0.15, 0.2) is 0 Å². The molecule has 0 spiro atoms. The Kier molecular flexibility index (Phi) is 4.37. The van der Waals surface area contributed by atoms with Crippen LogP contribution < -0.4 is 0 Å². The van der Waals surface area contributed by atoms with Gasteiger partial charge in [0, 0.05) is 27.7 Å². The molecular formula is C7H8HgO3S. The van der Waals surface area contributed by atoms with Crippen LogP contribution in [0.2, 0.25) is 0 Å². The first-order valence-electron chi connectivity index (χ1n) is 3.04. The summed E-state index contributed by atoms with van der Waals surface area (Å²) in [7, 11) is -4.03. The van der Waals surface area contributed by atoms with Gasteiger partial charge >= 0.3 is 0 Å². The molecule has 5 heteroatoms. The van der Waals surface area contributed by atoms with Crippen molar-refractivity contribution in [3.05, 3.63) is 29.8 Å². The fraction of sp³-hybridized carbons (Fsp3) is 0.143. The molecule has 3 nitrogen and oxygen atoms in total. The van der Waals surface area contributed by atoms with Crippen molar-refractivity contribution in [3.63, 3.8) is 0 Å². The van der Waals surface area contributed by atoms with Gasteiger partial charge in [0.2, 0.25) is 0 Å². The normalized spacial score (nSPS) is 10.5. The SMILES string of the molecule is Cc1cccc(S(=O)(=O)O)c1.[Hg]. The third kappa shape index (κ3) is 3.20. The van der Waals surface area contributed by atoms with E-state index in [0.29, 0.717) is 0 Å². The van der Waals surface area contributed by atoms with E-state index >= 15 is 0 Å². The Hall–Kier alpha value is 0.0651. The van der Waals surface area contributed by atoms with Crippen LogP contribution in [0.25, 0.3) is 0 Å². The Bertz CT molecular complexity index is 359. The minimum Gasteiger partial charge on any atom is -0.282 e. The molecule has 0 aliphatic heterocycles. The van der Waals surface area contributed by atoms with Crippen molar-refractivity contribution >= 4 is 10.1 Å². The van der Waals surface area contributed by atoms with Crippen LogP contribution in [-0.4, -0.2) is 13.0 Å². The Labute approximate surface area is 92.1 Å². The average Bonchev–Trinajstić information content (AvgIpc) is 1.86. The van der Waals surface area contributed by atoms with E-state index in [0.717, 1.165) is 5.56 Å². The fourth-order valence-electron chi connectivity index (χ4n) is 0.776. The zero-order valence-electron chi connectivity index (χ0n) is 6.69. The maximum atomic E-state index is 10.5. The van der Waals surface area contributed by atoms with Crippen molar-refractivity contribution in [3.8, 4) is 0 Å². The number of benzene rings is 1. The van der Waals surface area contributed by atoms with Crippen LogP contribution in [0.15, 0.2) is 29.2 Å². The van der Waals surface area contributed by atoms with Crippen LogP contribution in [0.3, 0.4) is 0 Å². The van der Waals surface area contributed by atoms with Crippen molar-refractivity contribution < 1.29 is 40.6 Å². The molecule has 0 aliphatic carbocycles. The summed E-state index contributed by atoms with van der Waals surface area (Å²) in [6.45, 7) is 1.76. The summed E-state index contributed by atoms with van der Waals surface area (Å²) in [4.78, 5) is -0.0579. The number of rotatable bonds is 1. The number of hydrogen-bond acceptors (Lipinski definition) is 2. The van der Waals surface area contributed by atoms with E-state index in [1.165, 1.54) is 12.1 Å². The van der Waals surface area contributed by atoms with Crippen LogP contribution >= 0.6 is 0 Å². The largest absolute Gasteiger partial charge is 0.294 e. The predicted molar refractivity (Wildman–Crippen MR) is 41.0 cm³/mol. The molecule has 0 atom stereocenters. The van der Waals surface area contributed by atoms with Crippen LogP contribution in [0.5, 0.6) is 0 Å². The van der Waals surface area contributed by atoms with Crippen molar-refractivity contribution in [2.24, 2.45) is 0 Å². The molecule has 12 heavy (non-hydrogen) atoms. The first-order chi connectivity index (χ1) is 5.00. The van der Waals surface area contributed by atoms with Gasteiger partial charge in [-0.3, -0.25) is 4.55 Å².